The number of amides is 2. The number of thiazole rings is 1. The predicted molar refractivity (Wildman–Crippen MR) is 133 cm³/mol. The fourth-order valence-corrected chi connectivity index (χ4v) is 6.10. The molecule has 2 aliphatic rings. The highest BCUT2D eigenvalue weighted by molar-refractivity contribution is 7.15. The number of piperidine rings is 1. The first kappa shape index (κ1) is 21.9. The highest BCUT2D eigenvalue weighted by Crippen LogP contribution is 2.50. The molecule has 3 atom stereocenters. The predicted octanol–water partition coefficient (Wildman–Crippen LogP) is 4.70. The van der Waals surface area contributed by atoms with Crippen molar-refractivity contribution in [3.05, 3.63) is 82.9 Å². The minimum Gasteiger partial charge on any atom is -0.350 e. The molecule has 8 heteroatoms. The van der Waals surface area contributed by atoms with Crippen molar-refractivity contribution < 1.29 is 14.0 Å². The lowest BCUT2D eigenvalue weighted by molar-refractivity contribution is 0.0690. The van der Waals surface area contributed by atoms with Crippen LogP contribution in [0.5, 0.6) is 0 Å². The smallest absolute Gasteiger partial charge is 0.274 e. The van der Waals surface area contributed by atoms with Crippen LogP contribution in [0.15, 0.2) is 60.8 Å². The molecule has 35 heavy (non-hydrogen) atoms. The third-order valence-corrected chi connectivity index (χ3v) is 7.97. The summed E-state index contributed by atoms with van der Waals surface area (Å²) in [6.45, 7) is 2.88. The van der Waals surface area contributed by atoms with Gasteiger partial charge in [0.15, 0.2) is 0 Å². The van der Waals surface area contributed by atoms with Gasteiger partial charge in [-0.1, -0.05) is 24.3 Å². The van der Waals surface area contributed by atoms with E-state index in [9.17, 15) is 14.0 Å². The Kier molecular flexibility index (Phi) is 5.33. The van der Waals surface area contributed by atoms with E-state index in [0.29, 0.717) is 46.6 Å². The maximum absolute atomic E-state index is 13.9. The number of aryl methyl sites for hydroxylation is 1. The highest BCUT2D eigenvalue weighted by Gasteiger charge is 2.54. The summed E-state index contributed by atoms with van der Waals surface area (Å²) in [4.78, 5) is 38.1. The number of pyridine rings is 1. The van der Waals surface area contributed by atoms with Crippen LogP contribution >= 0.6 is 11.3 Å². The molecule has 0 radical (unpaired) electrons. The number of halogens is 1. The van der Waals surface area contributed by atoms with Gasteiger partial charge in [-0.25, -0.2) is 9.37 Å². The van der Waals surface area contributed by atoms with E-state index in [-0.39, 0.29) is 23.7 Å². The lowest BCUT2D eigenvalue weighted by Crippen LogP contribution is -2.45. The molecule has 0 spiro atoms. The molecule has 2 aromatic heterocycles. The van der Waals surface area contributed by atoms with Gasteiger partial charge in [-0.15, -0.1) is 11.3 Å². The molecule has 1 N–H and O–H groups in total. The van der Waals surface area contributed by atoms with Crippen LogP contribution in [0.3, 0.4) is 0 Å². The summed E-state index contributed by atoms with van der Waals surface area (Å²) in [7, 11) is 0. The number of fused-ring (bicyclic) bond motifs is 2. The number of benzene rings is 2. The van der Waals surface area contributed by atoms with Crippen LogP contribution in [0.1, 0.15) is 32.3 Å². The number of carbonyl (C=O) groups excluding carboxylic acids is 2. The molecule has 1 aliphatic carbocycles. The normalized spacial score (nSPS) is 20.6. The number of hydrogen-bond donors (Lipinski definition) is 1. The van der Waals surface area contributed by atoms with Gasteiger partial charge in [-0.3, -0.25) is 14.6 Å². The van der Waals surface area contributed by atoms with Crippen LogP contribution in [0, 0.1) is 24.6 Å². The first-order valence-corrected chi connectivity index (χ1v) is 12.5. The Hall–Kier alpha value is -3.65. The van der Waals surface area contributed by atoms with Crippen LogP contribution in [-0.4, -0.2) is 45.8 Å². The van der Waals surface area contributed by atoms with E-state index in [1.165, 1.54) is 23.5 Å². The van der Waals surface area contributed by atoms with E-state index in [0.717, 1.165) is 22.3 Å². The fourth-order valence-electron chi connectivity index (χ4n) is 5.19. The summed E-state index contributed by atoms with van der Waals surface area (Å²) >= 11 is 1.39. The summed E-state index contributed by atoms with van der Waals surface area (Å²) in [6.07, 6.45) is 2.77. The van der Waals surface area contributed by atoms with Gasteiger partial charge in [-0.05, 0) is 61.1 Å². The second kappa shape index (κ2) is 8.53. The van der Waals surface area contributed by atoms with Crippen LogP contribution < -0.4 is 5.32 Å². The summed E-state index contributed by atoms with van der Waals surface area (Å²) < 4.78 is 13.9. The van der Waals surface area contributed by atoms with Gasteiger partial charge < -0.3 is 10.2 Å². The number of likely N-dealkylation sites (tertiary alicyclic amines) is 1. The monoisotopic (exact) mass is 486 g/mol. The zero-order valence-corrected chi connectivity index (χ0v) is 19.9. The number of carbonyl (C=O) groups is 2. The van der Waals surface area contributed by atoms with Crippen LogP contribution in [0.2, 0.25) is 0 Å². The van der Waals surface area contributed by atoms with Gasteiger partial charge in [0.25, 0.3) is 11.8 Å². The third kappa shape index (κ3) is 3.97. The van der Waals surface area contributed by atoms with Crippen molar-refractivity contribution in [2.75, 3.05) is 13.1 Å². The third-order valence-electron chi connectivity index (χ3n) is 6.95. The topological polar surface area (TPSA) is 75.2 Å². The molecule has 2 amide bonds. The molecular weight excluding hydrogens is 463 g/mol. The summed E-state index contributed by atoms with van der Waals surface area (Å²) in [5.74, 6) is 0.156. The van der Waals surface area contributed by atoms with Gasteiger partial charge in [-0.2, -0.15) is 0 Å². The van der Waals surface area contributed by atoms with Gasteiger partial charge >= 0.3 is 0 Å². The van der Waals surface area contributed by atoms with Crippen molar-refractivity contribution in [3.8, 4) is 10.4 Å². The minimum absolute atomic E-state index is 0.0908. The maximum atomic E-state index is 13.9. The number of nitrogens with one attached hydrogen (secondary N) is 1. The number of aromatic nitrogens is 2. The Morgan fingerprint density at radius 1 is 1.17 bits per heavy atom. The van der Waals surface area contributed by atoms with Gasteiger partial charge in [0, 0.05) is 30.2 Å². The molecular formula is C27H23FN4O2S. The van der Waals surface area contributed by atoms with Crippen molar-refractivity contribution >= 4 is 34.1 Å². The van der Waals surface area contributed by atoms with Gasteiger partial charge in [0.1, 0.15) is 11.5 Å². The van der Waals surface area contributed by atoms with Crippen molar-refractivity contribution in [3.63, 3.8) is 0 Å². The molecule has 6 nitrogen and oxygen atoms in total. The van der Waals surface area contributed by atoms with Crippen molar-refractivity contribution in [1.82, 2.24) is 20.2 Å². The number of hydrogen-bond acceptors (Lipinski definition) is 5. The van der Waals surface area contributed by atoms with Crippen LogP contribution in [0.25, 0.3) is 21.3 Å². The average Bonchev–Trinajstić information content (AvgIpc) is 3.38. The molecule has 1 saturated heterocycles. The molecule has 0 unspecified atom stereocenters. The maximum Gasteiger partial charge on any atom is 0.274 e. The summed E-state index contributed by atoms with van der Waals surface area (Å²) in [5, 5.41) is 4.61. The minimum atomic E-state index is -0.349. The molecule has 0 bridgehead atoms. The SMILES string of the molecule is Cc1nc(C(=O)N2C[C@H]3C[C@H]3[C@H]2CNC(=O)c2cccc3ncccc23)c(-c2cccc(F)c2)s1. The van der Waals surface area contributed by atoms with Crippen molar-refractivity contribution in [2.24, 2.45) is 11.8 Å². The zero-order chi connectivity index (χ0) is 24.1. The van der Waals surface area contributed by atoms with Crippen LogP contribution in [0.4, 0.5) is 4.39 Å². The van der Waals surface area contributed by atoms with Crippen LogP contribution in [-0.2, 0) is 0 Å². The molecule has 176 valence electrons. The molecule has 3 heterocycles. The van der Waals surface area contributed by atoms with Gasteiger partial charge in [0.2, 0.25) is 0 Å². The first-order valence-electron chi connectivity index (χ1n) is 11.7. The highest BCUT2D eigenvalue weighted by atomic mass is 32.1. The molecule has 2 fully saturated rings. The van der Waals surface area contributed by atoms with E-state index in [2.05, 4.69) is 15.3 Å². The molecule has 6 rings (SSSR count). The van der Waals surface area contributed by atoms with E-state index in [1.54, 1.807) is 24.4 Å². The Labute approximate surface area is 205 Å². The molecule has 1 aliphatic heterocycles. The second-order valence-corrected chi connectivity index (χ2v) is 10.4. The van der Waals surface area contributed by atoms with E-state index in [1.807, 2.05) is 36.1 Å². The fraction of sp³-hybridized carbons (Fsp3) is 0.259. The lowest BCUT2D eigenvalue weighted by atomic mass is 10.1. The second-order valence-electron chi connectivity index (χ2n) is 9.19. The average molecular weight is 487 g/mol. The van der Waals surface area contributed by atoms with E-state index in [4.69, 9.17) is 0 Å². The standard InChI is InChI=1S/C27H23FN4O2S/c1-15-31-24(25(35-15)16-5-2-6-18(28)11-16)27(34)32-14-17-12-21(17)23(32)13-30-26(33)20-7-3-9-22-19(20)8-4-10-29-22/h2-11,17,21,23H,12-14H2,1H3,(H,30,33)/t17-,21-,23-/m1/s1. The summed E-state index contributed by atoms with van der Waals surface area (Å²) in [6, 6.07) is 15.4. The molecule has 2 aromatic carbocycles. The van der Waals surface area contributed by atoms with Crippen molar-refractivity contribution in [1.29, 1.82) is 0 Å². The largest absolute Gasteiger partial charge is 0.350 e. The lowest BCUT2D eigenvalue weighted by Gasteiger charge is -2.27. The first-order chi connectivity index (χ1) is 17.0. The Morgan fingerprint density at radius 3 is 2.89 bits per heavy atom. The number of rotatable bonds is 5. The Balaban J connectivity index is 1.23. The van der Waals surface area contributed by atoms with E-state index < -0.39 is 0 Å². The van der Waals surface area contributed by atoms with E-state index >= 15 is 0 Å². The van der Waals surface area contributed by atoms with Gasteiger partial charge in [0.05, 0.1) is 21.4 Å². The zero-order valence-electron chi connectivity index (χ0n) is 19.1. The Morgan fingerprint density at radius 2 is 2.03 bits per heavy atom. The van der Waals surface area contributed by atoms with Crippen molar-refractivity contribution in [2.45, 2.75) is 19.4 Å². The summed E-state index contributed by atoms with van der Waals surface area (Å²) in [5.41, 5.74) is 2.35. The Bertz CT molecular complexity index is 1460. The molecule has 4 aromatic rings. The quantitative estimate of drug-likeness (QED) is 0.444. The number of nitrogens with zero attached hydrogens (tertiary/aromatic N) is 3. The molecule has 1 saturated carbocycles.